The highest BCUT2D eigenvalue weighted by Gasteiger charge is 2.25. The topological polar surface area (TPSA) is 55.1 Å². The Morgan fingerprint density at radius 1 is 1.42 bits per heavy atom. The summed E-state index contributed by atoms with van der Waals surface area (Å²) < 4.78 is 13.2. The lowest BCUT2D eigenvalue weighted by molar-refractivity contribution is 0.0905. The Bertz CT molecular complexity index is 461. The molecule has 1 fully saturated rings. The molecule has 1 aliphatic carbocycles. The Morgan fingerprint density at radius 3 is 2.89 bits per heavy atom. The second-order valence-corrected chi connectivity index (χ2v) is 5.26. The molecular weight excluding hydrogens is 243 g/mol. The molecule has 0 radical (unpaired) electrons. The predicted octanol–water partition coefficient (Wildman–Crippen LogP) is 3.11. The van der Waals surface area contributed by atoms with Crippen LogP contribution in [0.2, 0.25) is 0 Å². The molecule has 104 valence electrons. The molecular formula is C15H21FN2O. The van der Waals surface area contributed by atoms with E-state index >= 15 is 0 Å². The number of nitrogens with one attached hydrogen (secondary N) is 1. The molecule has 1 amide bonds. The molecule has 3 N–H and O–H groups in total. The first kappa shape index (κ1) is 13.8. The number of nitrogen functional groups attached to an aromatic ring is 1. The highest BCUT2D eigenvalue weighted by Crippen LogP contribution is 2.27. The van der Waals surface area contributed by atoms with Gasteiger partial charge in [0.2, 0.25) is 0 Å². The largest absolute Gasteiger partial charge is 0.398 e. The van der Waals surface area contributed by atoms with Gasteiger partial charge < -0.3 is 11.1 Å². The normalized spacial score (nSPS) is 23.1. The zero-order chi connectivity index (χ0) is 13.8. The highest BCUT2D eigenvalue weighted by molar-refractivity contribution is 5.99. The van der Waals surface area contributed by atoms with Crippen molar-refractivity contribution < 1.29 is 9.18 Å². The highest BCUT2D eigenvalue weighted by atomic mass is 19.1. The van der Waals surface area contributed by atoms with Gasteiger partial charge in [-0.2, -0.15) is 0 Å². The van der Waals surface area contributed by atoms with Crippen LogP contribution in [0.5, 0.6) is 0 Å². The van der Waals surface area contributed by atoms with Gasteiger partial charge in [0.25, 0.3) is 5.91 Å². The van der Waals surface area contributed by atoms with Gasteiger partial charge in [-0.25, -0.2) is 4.39 Å². The van der Waals surface area contributed by atoms with E-state index in [2.05, 4.69) is 12.2 Å². The van der Waals surface area contributed by atoms with E-state index in [4.69, 9.17) is 5.73 Å². The van der Waals surface area contributed by atoms with Gasteiger partial charge >= 0.3 is 0 Å². The molecule has 1 aromatic rings. The maximum absolute atomic E-state index is 13.2. The summed E-state index contributed by atoms with van der Waals surface area (Å²) in [7, 11) is 0. The van der Waals surface area contributed by atoms with Crippen molar-refractivity contribution in [3.63, 3.8) is 0 Å². The van der Waals surface area contributed by atoms with Crippen LogP contribution in [0.3, 0.4) is 0 Å². The zero-order valence-corrected chi connectivity index (χ0v) is 11.3. The van der Waals surface area contributed by atoms with Gasteiger partial charge in [0, 0.05) is 11.7 Å². The minimum atomic E-state index is -0.435. The minimum absolute atomic E-state index is 0.189. The molecule has 3 nitrogen and oxygen atoms in total. The molecule has 0 aliphatic heterocycles. The van der Waals surface area contributed by atoms with Crippen molar-refractivity contribution in [3.8, 4) is 0 Å². The molecule has 19 heavy (non-hydrogen) atoms. The third kappa shape index (κ3) is 3.25. The summed E-state index contributed by atoms with van der Waals surface area (Å²) in [6, 6.07) is 4.09. The molecule has 1 saturated carbocycles. The fourth-order valence-electron chi connectivity index (χ4n) is 2.86. The standard InChI is InChI=1S/C15H21FN2O/c1-2-10-5-3-4-6-14(10)18-15(19)12-9-11(16)7-8-13(12)17/h7-10,14H,2-6,17H2,1H3,(H,18,19). The monoisotopic (exact) mass is 264 g/mol. The quantitative estimate of drug-likeness (QED) is 0.824. The Balaban J connectivity index is 2.09. The first-order valence-electron chi connectivity index (χ1n) is 6.97. The van der Waals surface area contributed by atoms with Crippen LogP contribution in [0.15, 0.2) is 18.2 Å². The molecule has 2 rings (SSSR count). The van der Waals surface area contributed by atoms with Crippen LogP contribution >= 0.6 is 0 Å². The van der Waals surface area contributed by atoms with E-state index in [1.165, 1.54) is 24.6 Å². The number of nitrogens with two attached hydrogens (primary N) is 1. The second kappa shape index (κ2) is 6.04. The van der Waals surface area contributed by atoms with E-state index in [9.17, 15) is 9.18 Å². The lowest BCUT2D eigenvalue weighted by Crippen LogP contribution is -2.42. The molecule has 4 heteroatoms. The third-order valence-corrected chi connectivity index (χ3v) is 4.01. The van der Waals surface area contributed by atoms with E-state index in [1.54, 1.807) is 0 Å². The molecule has 1 aliphatic rings. The van der Waals surface area contributed by atoms with Crippen LogP contribution in [0.1, 0.15) is 49.4 Å². The summed E-state index contributed by atoms with van der Waals surface area (Å²) in [6.07, 6.45) is 5.58. The number of hydrogen-bond acceptors (Lipinski definition) is 2. The van der Waals surface area contributed by atoms with Crippen molar-refractivity contribution >= 4 is 11.6 Å². The minimum Gasteiger partial charge on any atom is -0.398 e. The second-order valence-electron chi connectivity index (χ2n) is 5.26. The van der Waals surface area contributed by atoms with Gasteiger partial charge in [-0.05, 0) is 37.0 Å². The maximum Gasteiger partial charge on any atom is 0.253 e. The molecule has 2 atom stereocenters. The lowest BCUT2D eigenvalue weighted by Gasteiger charge is -2.31. The van der Waals surface area contributed by atoms with Crippen LogP contribution in [-0.2, 0) is 0 Å². The van der Waals surface area contributed by atoms with Crippen LogP contribution in [0.4, 0.5) is 10.1 Å². The molecule has 0 aromatic heterocycles. The molecule has 2 unspecified atom stereocenters. The van der Waals surface area contributed by atoms with E-state index in [0.29, 0.717) is 11.6 Å². The summed E-state index contributed by atoms with van der Waals surface area (Å²) in [5.74, 6) is -0.176. The van der Waals surface area contributed by atoms with Gasteiger partial charge in [0.05, 0.1) is 5.56 Å². The maximum atomic E-state index is 13.2. The number of rotatable bonds is 3. The van der Waals surface area contributed by atoms with Crippen LogP contribution < -0.4 is 11.1 Å². The smallest absolute Gasteiger partial charge is 0.253 e. The number of amides is 1. The average molecular weight is 264 g/mol. The number of hydrogen-bond donors (Lipinski definition) is 2. The van der Waals surface area contributed by atoms with E-state index in [1.807, 2.05) is 0 Å². The van der Waals surface area contributed by atoms with E-state index < -0.39 is 5.82 Å². The molecule has 0 saturated heterocycles. The SMILES string of the molecule is CCC1CCCCC1NC(=O)c1cc(F)ccc1N. The van der Waals surface area contributed by atoms with Crippen molar-refractivity contribution in [1.82, 2.24) is 5.32 Å². The Morgan fingerprint density at radius 2 is 2.16 bits per heavy atom. The fourth-order valence-corrected chi connectivity index (χ4v) is 2.86. The summed E-state index contributed by atoms with van der Waals surface area (Å²) in [4.78, 5) is 12.2. The van der Waals surface area contributed by atoms with Crippen LogP contribution in [-0.4, -0.2) is 11.9 Å². The number of anilines is 1. The fraction of sp³-hybridized carbons (Fsp3) is 0.533. The van der Waals surface area contributed by atoms with Gasteiger partial charge in [0.15, 0.2) is 0 Å². The first-order valence-corrected chi connectivity index (χ1v) is 6.97. The zero-order valence-electron chi connectivity index (χ0n) is 11.3. The number of benzene rings is 1. The molecule has 0 bridgehead atoms. The predicted molar refractivity (Wildman–Crippen MR) is 74.3 cm³/mol. The van der Waals surface area contributed by atoms with Crippen LogP contribution in [0, 0.1) is 11.7 Å². The van der Waals surface area contributed by atoms with E-state index in [-0.39, 0.29) is 17.5 Å². The Hall–Kier alpha value is -1.58. The Kier molecular flexibility index (Phi) is 4.40. The molecule has 1 aromatic carbocycles. The van der Waals surface area contributed by atoms with E-state index in [0.717, 1.165) is 25.7 Å². The van der Waals surface area contributed by atoms with Crippen molar-refractivity contribution in [2.75, 3.05) is 5.73 Å². The average Bonchev–Trinajstić information content (AvgIpc) is 2.42. The Labute approximate surface area is 113 Å². The summed E-state index contributed by atoms with van der Waals surface area (Å²) in [6.45, 7) is 2.14. The van der Waals surface area contributed by atoms with Crippen molar-refractivity contribution in [2.45, 2.75) is 45.1 Å². The van der Waals surface area contributed by atoms with Crippen molar-refractivity contribution in [1.29, 1.82) is 0 Å². The number of halogens is 1. The third-order valence-electron chi connectivity index (χ3n) is 4.01. The summed E-state index contributed by atoms with van der Waals surface area (Å²) >= 11 is 0. The first-order chi connectivity index (χ1) is 9.11. The van der Waals surface area contributed by atoms with Gasteiger partial charge in [-0.1, -0.05) is 26.2 Å². The van der Waals surface area contributed by atoms with Crippen LogP contribution in [0.25, 0.3) is 0 Å². The molecule has 0 heterocycles. The van der Waals surface area contributed by atoms with Gasteiger partial charge in [-0.3, -0.25) is 4.79 Å². The van der Waals surface area contributed by atoms with Gasteiger partial charge in [0.1, 0.15) is 5.82 Å². The van der Waals surface area contributed by atoms with Gasteiger partial charge in [-0.15, -0.1) is 0 Å². The molecule has 0 spiro atoms. The lowest BCUT2D eigenvalue weighted by atomic mass is 9.83. The number of carbonyl (C=O) groups is 1. The van der Waals surface area contributed by atoms with Crippen molar-refractivity contribution in [3.05, 3.63) is 29.6 Å². The summed E-state index contributed by atoms with van der Waals surface area (Å²) in [5.41, 5.74) is 6.29. The number of carbonyl (C=O) groups excluding carboxylic acids is 1. The summed E-state index contributed by atoms with van der Waals surface area (Å²) in [5, 5.41) is 3.02. The van der Waals surface area contributed by atoms with Crippen molar-refractivity contribution in [2.24, 2.45) is 5.92 Å².